The predicted molar refractivity (Wildman–Crippen MR) is 49.7 cm³/mol. The fraction of sp³-hybridized carbons (Fsp3) is 0.455. The van der Waals surface area contributed by atoms with Crippen LogP contribution in [0.4, 0.5) is 22.0 Å². The van der Waals surface area contributed by atoms with Crippen LogP contribution in [-0.2, 0) is 10.9 Å². The van der Waals surface area contributed by atoms with Crippen LogP contribution >= 0.6 is 0 Å². The van der Waals surface area contributed by atoms with E-state index in [4.69, 9.17) is 4.74 Å². The van der Waals surface area contributed by atoms with Crippen LogP contribution in [0.1, 0.15) is 23.7 Å². The Bertz CT molecular complexity index is 395. The van der Waals surface area contributed by atoms with Gasteiger partial charge >= 0.3 is 6.18 Å². The van der Waals surface area contributed by atoms with Crippen molar-refractivity contribution in [1.29, 1.82) is 0 Å². The Kier molecular flexibility index (Phi) is 2.85. The third-order valence-electron chi connectivity index (χ3n) is 2.64. The Labute approximate surface area is 94.2 Å². The normalized spacial score (nSPS) is 23.9. The van der Waals surface area contributed by atoms with Gasteiger partial charge in [0.2, 0.25) is 0 Å². The van der Waals surface area contributed by atoms with Crippen LogP contribution < -0.4 is 0 Å². The van der Waals surface area contributed by atoms with Gasteiger partial charge in [-0.05, 0) is 17.7 Å². The maximum absolute atomic E-state index is 13.3. The molecule has 0 spiro atoms. The van der Waals surface area contributed by atoms with E-state index < -0.39 is 30.2 Å². The van der Waals surface area contributed by atoms with Crippen molar-refractivity contribution in [2.45, 2.75) is 24.6 Å². The summed E-state index contributed by atoms with van der Waals surface area (Å²) in [6.45, 7) is -0.0846. The predicted octanol–water partition coefficient (Wildman–Crippen LogP) is 3.80. The molecular weight excluding hydrogens is 243 g/mol. The van der Waals surface area contributed by atoms with Gasteiger partial charge in [-0.1, -0.05) is 12.1 Å². The van der Waals surface area contributed by atoms with Gasteiger partial charge in [-0.3, -0.25) is 0 Å². The van der Waals surface area contributed by atoms with E-state index in [2.05, 4.69) is 0 Å². The van der Waals surface area contributed by atoms with Gasteiger partial charge in [0.25, 0.3) is 5.92 Å². The highest BCUT2D eigenvalue weighted by Gasteiger charge is 2.46. The van der Waals surface area contributed by atoms with Crippen LogP contribution in [0.2, 0.25) is 0 Å². The summed E-state index contributed by atoms with van der Waals surface area (Å²) in [7, 11) is 0. The summed E-state index contributed by atoms with van der Waals surface area (Å²) in [5.74, 6) is -3.01. The molecule has 1 aromatic carbocycles. The average molecular weight is 252 g/mol. The van der Waals surface area contributed by atoms with Gasteiger partial charge < -0.3 is 4.74 Å². The van der Waals surface area contributed by atoms with Crippen LogP contribution in [0.25, 0.3) is 0 Å². The molecule has 1 atom stereocenters. The van der Waals surface area contributed by atoms with Crippen LogP contribution in [0, 0.1) is 0 Å². The number of alkyl halides is 5. The first kappa shape index (κ1) is 12.3. The second kappa shape index (κ2) is 3.94. The van der Waals surface area contributed by atoms with E-state index >= 15 is 0 Å². The number of hydrogen-bond acceptors (Lipinski definition) is 1. The molecule has 17 heavy (non-hydrogen) atoms. The van der Waals surface area contributed by atoms with E-state index in [1.54, 1.807) is 0 Å². The maximum Gasteiger partial charge on any atom is 0.416 e. The lowest BCUT2D eigenvalue weighted by molar-refractivity contribution is -0.137. The first-order valence-electron chi connectivity index (χ1n) is 4.97. The van der Waals surface area contributed by atoms with E-state index in [9.17, 15) is 22.0 Å². The van der Waals surface area contributed by atoms with Crippen LogP contribution in [0.5, 0.6) is 0 Å². The van der Waals surface area contributed by atoms with Gasteiger partial charge in [-0.2, -0.15) is 13.2 Å². The molecule has 0 amide bonds. The minimum atomic E-state index is -4.46. The van der Waals surface area contributed by atoms with Crippen molar-refractivity contribution in [3.05, 3.63) is 35.4 Å². The summed E-state index contributed by atoms with van der Waals surface area (Å²) in [6, 6.07) is 3.64. The summed E-state index contributed by atoms with van der Waals surface area (Å²) in [5, 5.41) is 0. The molecule has 2 rings (SSSR count). The van der Waals surface area contributed by atoms with E-state index in [-0.39, 0.29) is 12.2 Å². The van der Waals surface area contributed by atoms with E-state index in [1.165, 1.54) is 0 Å². The van der Waals surface area contributed by atoms with E-state index in [1.807, 2.05) is 0 Å². The first-order valence-corrected chi connectivity index (χ1v) is 4.97. The number of benzene rings is 1. The highest BCUT2D eigenvalue weighted by Crippen LogP contribution is 2.42. The molecule has 94 valence electrons. The summed E-state index contributed by atoms with van der Waals surface area (Å²) in [6.07, 6.45) is -6.30. The molecule has 1 aliphatic rings. The van der Waals surface area contributed by atoms with Crippen molar-refractivity contribution < 1.29 is 26.7 Å². The van der Waals surface area contributed by atoms with Crippen molar-refractivity contribution in [2.75, 3.05) is 6.61 Å². The maximum atomic E-state index is 13.3. The first-order chi connectivity index (χ1) is 7.81. The quantitative estimate of drug-likeness (QED) is 0.691. The van der Waals surface area contributed by atoms with Crippen molar-refractivity contribution >= 4 is 0 Å². The fourth-order valence-corrected chi connectivity index (χ4v) is 1.75. The molecule has 1 unspecified atom stereocenters. The molecule has 0 bridgehead atoms. The second-order valence-corrected chi connectivity index (χ2v) is 3.88. The molecule has 1 fully saturated rings. The Morgan fingerprint density at radius 2 is 1.71 bits per heavy atom. The molecule has 1 saturated heterocycles. The van der Waals surface area contributed by atoms with E-state index in [0.29, 0.717) is 0 Å². The number of rotatable bonds is 1. The summed E-state index contributed by atoms with van der Waals surface area (Å²) < 4.78 is 68.2. The SMILES string of the molecule is FC(F)(F)c1ccc(C2OCCC2(F)F)cc1. The summed E-state index contributed by atoms with van der Waals surface area (Å²) in [5.41, 5.74) is -0.789. The van der Waals surface area contributed by atoms with E-state index in [0.717, 1.165) is 24.3 Å². The lowest BCUT2D eigenvalue weighted by Gasteiger charge is -2.18. The molecule has 1 aromatic rings. The highest BCUT2D eigenvalue weighted by atomic mass is 19.4. The second-order valence-electron chi connectivity index (χ2n) is 3.88. The lowest BCUT2D eigenvalue weighted by Crippen LogP contribution is -2.20. The van der Waals surface area contributed by atoms with Crippen molar-refractivity contribution in [3.8, 4) is 0 Å². The molecule has 6 heteroatoms. The zero-order valence-corrected chi connectivity index (χ0v) is 8.60. The molecule has 0 N–H and O–H groups in total. The van der Waals surface area contributed by atoms with Crippen LogP contribution in [0.3, 0.4) is 0 Å². The Morgan fingerprint density at radius 1 is 1.12 bits per heavy atom. The van der Waals surface area contributed by atoms with Gasteiger partial charge in [0.05, 0.1) is 12.2 Å². The fourth-order valence-electron chi connectivity index (χ4n) is 1.75. The Balaban J connectivity index is 2.24. The molecule has 0 aromatic heterocycles. The monoisotopic (exact) mass is 252 g/mol. The Hall–Kier alpha value is -1.17. The van der Waals surface area contributed by atoms with Gasteiger partial charge in [-0.15, -0.1) is 0 Å². The molecule has 1 heterocycles. The van der Waals surface area contributed by atoms with Crippen LogP contribution in [0.15, 0.2) is 24.3 Å². The topological polar surface area (TPSA) is 9.23 Å². The highest BCUT2D eigenvalue weighted by molar-refractivity contribution is 5.27. The minimum Gasteiger partial charge on any atom is -0.367 e. The van der Waals surface area contributed by atoms with Gasteiger partial charge in [0, 0.05) is 6.42 Å². The molecule has 1 nitrogen and oxygen atoms in total. The van der Waals surface area contributed by atoms with Crippen molar-refractivity contribution in [3.63, 3.8) is 0 Å². The smallest absolute Gasteiger partial charge is 0.367 e. The average Bonchev–Trinajstić information content (AvgIpc) is 2.57. The summed E-state index contributed by atoms with van der Waals surface area (Å²) in [4.78, 5) is 0. The minimum absolute atomic E-state index is 0.0699. The standard InChI is InChI=1S/C11H9F5O/c12-10(13)5-6-17-9(10)7-1-3-8(4-2-7)11(14,15)16/h1-4,9H,5-6H2. The largest absolute Gasteiger partial charge is 0.416 e. The molecule has 1 aliphatic heterocycles. The lowest BCUT2D eigenvalue weighted by atomic mass is 10.0. The third kappa shape index (κ3) is 2.41. The van der Waals surface area contributed by atoms with Crippen LogP contribution in [-0.4, -0.2) is 12.5 Å². The number of ether oxygens (including phenoxy) is 1. The number of halogens is 5. The molecule has 0 saturated carbocycles. The molecule has 0 aliphatic carbocycles. The molecular formula is C11H9F5O. The zero-order valence-electron chi connectivity index (χ0n) is 8.60. The van der Waals surface area contributed by atoms with Crippen molar-refractivity contribution in [1.82, 2.24) is 0 Å². The zero-order chi connectivity index (χ0) is 12.7. The van der Waals surface area contributed by atoms with Gasteiger partial charge in [0.15, 0.2) is 0 Å². The molecule has 0 radical (unpaired) electrons. The van der Waals surface area contributed by atoms with Gasteiger partial charge in [-0.25, -0.2) is 8.78 Å². The summed E-state index contributed by atoms with van der Waals surface area (Å²) >= 11 is 0. The third-order valence-corrected chi connectivity index (χ3v) is 2.64. The number of hydrogen-bond donors (Lipinski definition) is 0. The Morgan fingerprint density at radius 3 is 2.12 bits per heavy atom. The van der Waals surface area contributed by atoms with Gasteiger partial charge in [0.1, 0.15) is 6.10 Å². The van der Waals surface area contributed by atoms with Crippen molar-refractivity contribution in [2.24, 2.45) is 0 Å².